The number of carbonyl (C=O) groups is 1. The van der Waals surface area contributed by atoms with Gasteiger partial charge in [-0.05, 0) is 23.6 Å². The summed E-state index contributed by atoms with van der Waals surface area (Å²) in [4.78, 5) is 20.3. The van der Waals surface area contributed by atoms with E-state index in [-0.39, 0.29) is 5.91 Å². The molecule has 2 aromatic heterocycles. The Kier molecular flexibility index (Phi) is 5.11. The van der Waals surface area contributed by atoms with E-state index in [1.54, 1.807) is 60.9 Å². The molecule has 28 heavy (non-hydrogen) atoms. The minimum Gasteiger partial charge on any atom is -0.497 e. The number of ether oxygens (including phenoxy) is 2. The minimum absolute atomic E-state index is 0.0717. The predicted molar refractivity (Wildman–Crippen MR) is 109 cm³/mol. The van der Waals surface area contributed by atoms with Gasteiger partial charge in [0.15, 0.2) is 0 Å². The Morgan fingerprint density at radius 3 is 2.82 bits per heavy atom. The van der Waals surface area contributed by atoms with E-state index in [1.165, 1.54) is 0 Å². The maximum absolute atomic E-state index is 13.0. The van der Waals surface area contributed by atoms with E-state index in [2.05, 4.69) is 10.3 Å². The first-order valence-corrected chi connectivity index (χ1v) is 9.84. The van der Waals surface area contributed by atoms with Gasteiger partial charge in [-0.2, -0.15) is 0 Å². The van der Waals surface area contributed by atoms with Crippen molar-refractivity contribution in [2.45, 2.75) is 12.7 Å². The third kappa shape index (κ3) is 3.27. The zero-order chi connectivity index (χ0) is 19.7. The largest absolute Gasteiger partial charge is 0.497 e. The van der Waals surface area contributed by atoms with Crippen molar-refractivity contribution in [1.82, 2.24) is 9.88 Å². The first-order chi connectivity index (χ1) is 13.6. The summed E-state index contributed by atoms with van der Waals surface area (Å²) >= 11 is 8.09. The molecule has 0 aliphatic carbocycles. The van der Waals surface area contributed by atoms with Crippen LogP contribution in [-0.2, 0) is 6.54 Å². The number of benzene rings is 1. The van der Waals surface area contributed by atoms with Gasteiger partial charge in [0.1, 0.15) is 17.7 Å². The average molecular weight is 416 g/mol. The highest BCUT2D eigenvalue weighted by atomic mass is 35.5. The van der Waals surface area contributed by atoms with Gasteiger partial charge in [-0.1, -0.05) is 17.7 Å². The van der Waals surface area contributed by atoms with Crippen molar-refractivity contribution in [1.29, 1.82) is 0 Å². The van der Waals surface area contributed by atoms with Crippen molar-refractivity contribution in [3.05, 3.63) is 69.1 Å². The lowest BCUT2D eigenvalue weighted by Crippen LogP contribution is -2.32. The number of hydrogen-bond donors (Lipinski definition) is 1. The van der Waals surface area contributed by atoms with Gasteiger partial charge in [0.25, 0.3) is 5.91 Å². The normalized spacial score (nSPS) is 15.5. The van der Waals surface area contributed by atoms with Crippen LogP contribution in [0.1, 0.15) is 27.1 Å². The van der Waals surface area contributed by atoms with E-state index < -0.39 is 6.17 Å². The molecule has 0 spiro atoms. The maximum atomic E-state index is 13.0. The summed E-state index contributed by atoms with van der Waals surface area (Å²) in [6.07, 6.45) is 1.22. The number of carbonyl (C=O) groups excluding carboxylic acids is 1. The number of aromatic nitrogens is 1. The van der Waals surface area contributed by atoms with Crippen LogP contribution < -0.4 is 14.8 Å². The number of pyridine rings is 1. The Balaban J connectivity index is 1.74. The van der Waals surface area contributed by atoms with Gasteiger partial charge < -0.3 is 19.7 Å². The van der Waals surface area contributed by atoms with Crippen LogP contribution in [0.4, 0.5) is 5.69 Å². The lowest BCUT2D eigenvalue weighted by molar-refractivity contribution is 0.0729. The van der Waals surface area contributed by atoms with Crippen LogP contribution in [0.3, 0.4) is 0 Å². The van der Waals surface area contributed by atoms with Gasteiger partial charge in [-0.25, -0.2) is 0 Å². The molecule has 6 nitrogen and oxygen atoms in total. The summed E-state index contributed by atoms with van der Waals surface area (Å²) in [6, 6.07) is 11.0. The Morgan fingerprint density at radius 2 is 2.11 bits per heavy atom. The molecule has 144 valence electrons. The van der Waals surface area contributed by atoms with Gasteiger partial charge in [-0.3, -0.25) is 9.78 Å². The van der Waals surface area contributed by atoms with Crippen molar-refractivity contribution in [3.8, 4) is 11.5 Å². The highest BCUT2D eigenvalue weighted by molar-refractivity contribution is 7.09. The molecule has 3 aromatic rings. The van der Waals surface area contributed by atoms with E-state index >= 15 is 0 Å². The highest BCUT2D eigenvalue weighted by Crippen LogP contribution is 2.42. The van der Waals surface area contributed by atoms with E-state index in [4.69, 9.17) is 21.1 Å². The Hall–Kier alpha value is -2.77. The molecule has 1 aliphatic heterocycles. The lowest BCUT2D eigenvalue weighted by atomic mass is 10.2. The van der Waals surface area contributed by atoms with Crippen LogP contribution in [0.25, 0.3) is 0 Å². The molecule has 1 N–H and O–H groups in total. The molecule has 0 unspecified atom stereocenters. The van der Waals surface area contributed by atoms with Crippen molar-refractivity contribution in [2.24, 2.45) is 0 Å². The molecule has 0 radical (unpaired) electrons. The fourth-order valence-corrected chi connectivity index (χ4v) is 4.19. The van der Waals surface area contributed by atoms with Gasteiger partial charge >= 0.3 is 0 Å². The number of fused-ring (bicyclic) bond motifs is 1. The summed E-state index contributed by atoms with van der Waals surface area (Å²) in [5.41, 5.74) is 1.83. The van der Waals surface area contributed by atoms with Crippen molar-refractivity contribution < 1.29 is 14.3 Å². The first kappa shape index (κ1) is 18.6. The number of amides is 1. The molecule has 1 amide bonds. The molecule has 1 atom stereocenters. The first-order valence-electron chi connectivity index (χ1n) is 8.58. The second-order valence-corrected chi connectivity index (χ2v) is 7.62. The third-order valence-corrected chi connectivity index (χ3v) is 5.73. The van der Waals surface area contributed by atoms with Crippen LogP contribution in [-0.4, -0.2) is 30.0 Å². The average Bonchev–Trinajstić information content (AvgIpc) is 3.32. The summed E-state index contributed by atoms with van der Waals surface area (Å²) in [6.45, 7) is 0.473. The van der Waals surface area contributed by atoms with E-state index in [0.717, 1.165) is 4.88 Å². The van der Waals surface area contributed by atoms with Crippen molar-refractivity contribution in [3.63, 3.8) is 0 Å². The SMILES string of the molecule is COc1cc(Cl)c(N[C@@H]2c3ncccc3C(=O)N2Cc2cccs2)c(OC)c1. The van der Waals surface area contributed by atoms with Crippen molar-refractivity contribution in [2.75, 3.05) is 19.5 Å². The van der Waals surface area contributed by atoms with Crippen molar-refractivity contribution >= 4 is 34.5 Å². The second-order valence-electron chi connectivity index (χ2n) is 6.18. The molecular weight excluding hydrogens is 398 g/mol. The van der Waals surface area contributed by atoms with Crippen LogP contribution in [0.2, 0.25) is 5.02 Å². The molecule has 0 saturated carbocycles. The van der Waals surface area contributed by atoms with Crippen LogP contribution in [0.5, 0.6) is 11.5 Å². The monoisotopic (exact) mass is 415 g/mol. The molecule has 8 heteroatoms. The topological polar surface area (TPSA) is 63.7 Å². The fourth-order valence-electron chi connectivity index (χ4n) is 3.23. The molecule has 1 aliphatic rings. The molecule has 3 heterocycles. The Labute approximate surface area is 171 Å². The molecular formula is C20H18ClN3O3S. The van der Waals surface area contributed by atoms with Gasteiger partial charge in [-0.15, -0.1) is 11.3 Å². The van der Waals surface area contributed by atoms with E-state index in [1.807, 2.05) is 17.5 Å². The van der Waals surface area contributed by atoms with E-state index in [9.17, 15) is 4.79 Å². The summed E-state index contributed by atoms with van der Waals surface area (Å²) in [5, 5.41) is 5.79. The second kappa shape index (κ2) is 7.69. The predicted octanol–water partition coefficient (Wildman–Crippen LogP) is 4.58. The van der Waals surface area contributed by atoms with Gasteiger partial charge in [0, 0.05) is 23.2 Å². The number of nitrogens with zero attached hydrogens (tertiary/aromatic N) is 2. The molecule has 0 fully saturated rings. The summed E-state index contributed by atoms with van der Waals surface area (Å²) < 4.78 is 10.7. The lowest BCUT2D eigenvalue weighted by Gasteiger charge is -2.27. The molecule has 0 bridgehead atoms. The number of thiophene rings is 1. The fraction of sp³-hybridized carbons (Fsp3) is 0.200. The summed E-state index contributed by atoms with van der Waals surface area (Å²) in [7, 11) is 3.13. The zero-order valence-electron chi connectivity index (χ0n) is 15.3. The number of hydrogen-bond acceptors (Lipinski definition) is 6. The number of nitrogens with one attached hydrogen (secondary N) is 1. The Bertz CT molecular complexity index is 1010. The maximum Gasteiger partial charge on any atom is 0.258 e. The minimum atomic E-state index is -0.467. The molecule has 1 aromatic carbocycles. The number of methoxy groups -OCH3 is 2. The van der Waals surface area contributed by atoms with E-state index in [0.29, 0.717) is 40.0 Å². The number of rotatable bonds is 6. The quantitative estimate of drug-likeness (QED) is 0.638. The number of halogens is 1. The standard InChI is InChI=1S/C20H18ClN3O3S/c1-26-12-9-15(21)18(16(10-12)27-2)23-19-17-14(6-3-7-22-17)20(25)24(19)11-13-5-4-8-28-13/h3-10,19,23H,11H2,1-2H3/t19-/m0/s1. The third-order valence-electron chi connectivity index (χ3n) is 4.57. The van der Waals surface area contributed by atoms with Gasteiger partial charge in [0.05, 0.1) is 42.7 Å². The van der Waals surface area contributed by atoms with Crippen LogP contribution >= 0.6 is 22.9 Å². The van der Waals surface area contributed by atoms with Gasteiger partial charge in [0.2, 0.25) is 0 Å². The molecule has 0 saturated heterocycles. The number of anilines is 1. The zero-order valence-corrected chi connectivity index (χ0v) is 16.9. The highest BCUT2D eigenvalue weighted by Gasteiger charge is 2.38. The Morgan fingerprint density at radius 1 is 1.25 bits per heavy atom. The summed E-state index contributed by atoms with van der Waals surface area (Å²) in [5.74, 6) is 1.04. The van der Waals surface area contributed by atoms with Crippen LogP contribution in [0, 0.1) is 0 Å². The molecule has 4 rings (SSSR count). The van der Waals surface area contributed by atoms with Crippen LogP contribution in [0.15, 0.2) is 48.0 Å². The smallest absolute Gasteiger partial charge is 0.258 e.